The molecule has 0 radical (unpaired) electrons. The van der Waals surface area contributed by atoms with Gasteiger partial charge in [0.1, 0.15) is 29.8 Å². The Labute approximate surface area is 227 Å². The van der Waals surface area contributed by atoms with E-state index in [1.165, 1.54) is 31.5 Å². The zero-order valence-electron chi connectivity index (χ0n) is 22.2. The van der Waals surface area contributed by atoms with Gasteiger partial charge in [0.15, 0.2) is 17.2 Å². The summed E-state index contributed by atoms with van der Waals surface area (Å²) in [5, 5.41) is 13.0. The van der Waals surface area contributed by atoms with Gasteiger partial charge in [-0.1, -0.05) is 29.8 Å². The standard InChI is InChI=1S/C30H33FN2O6/c1-18-7-13-22(14-8-18)39-25-6-4-5-24(33-29(35)27-28(34)26(37-3)15-16-32-27)30(36)38-19(2)23(25)17-20-9-11-21(31)12-10-20/h7-16,19,23-25,34H,4-6,17H2,1-3H3,(H,33,35). The summed E-state index contributed by atoms with van der Waals surface area (Å²) < 4.78 is 30.9. The number of aryl methyl sites for hydroxylation is 1. The second-order valence-corrected chi connectivity index (χ2v) is 9.77. The Morgan fingerprint density at radius 1 is 1.13 bits per heavy atom. The number of nitrogens with zero attached hydrogens (tertiary/aromatic N) is 1. The summed E-state index contributed by atoms with van der Waals surface area (Å²) in [6.07, 6.45) is 2.42. The number of amides is 1. The average Bonchev–Trinajstić information content (AvgIpc) is 2.96. The van der Waals surface area contributed by atoms with Crippen molar-refractivity contribution in [1.82, 2.24) is 10.3 Å². The van der Waals surface area contributed by atoms with Gasteiger partial charge in [-0.15, -0.1) is 0 Å². The maximum atomic E-state index is 13.5. The van der Waals surface area contributed by atoms with Crippen LogP contribution in [0.15, 0.2) is 60.8 Å². The minimum atomic E-state index is -0.947. The van der Waals surface area contributed by atoms with Crippen molar-refractivity contribution in [2.24, 2.45) is 5.92 Å². The molecule has 0 bridgehead atoms. The number of carbonyl (C=O) groups is 2. The molecule has 1 saturated heterocycles. The number of ether oxygens (including phenoxy) is 3. The molecule has 1 aliphatic heterocycles. The van der Waals surface area contributed by atoms with Crippen molar-refractivity contribution in [2.45, 2.75) is 57.8 Å². The van der Waals surface area contributed by atoms with Crippen molar-refractivity contribution in [2.75, 3.05) is 7.11 Å². The number of halogens is 1. The van der Waals surface area contributed by atoms with Gasteiger partial charge in [-0.05, 0) is 69.4 Å². The van der Waals surface area contributed by atoms with E-state index in [9.17, 15) is 19.1 Å². The Morgan fingerprint density at radius 3 is 2.54 bits per heavy atom. The molecule has 2 N–H and O–H groups in total. The van der Waals surface area contributed by atoms with Gasteiger partial charge in [-0.3, -0.25) is 4.79 Å². The van der Waals surface area contributed by atoms with Crippen molar-refractivity contribution >= 4 is 11.9 Å². The molecule has 2 aromatic carbocycles. The fraction of sp³-hybridized carbons (Fsp3) is 0.367. The van der Waals surface area contributed by atoms with E-state index in [0.717, 1.165) is 11.1 Å². The highest BCUT2D eigenvalue weighted by Gasteiger charge is 2.36. The fourth-order valence-electron chi connectivity index (χ4n) is 4.76. The predicted octanol–water partition coefficient (Wildman–Crippen LogP) is 4.76. The third-order valence-corrected chi connectivity index (χ3v) is 6.97. The SMILES string of the molecule is COc1ccnc(C(=O)NC2CCCC(Oc3ccc(C)cc3)C(Cc3ccc(F)cc3)C(C)OC2=O)c1O. The van der Waals surface area contributed by atoms with Gasteiger partial charge in [0, 0.05) is 18.2 Å². The number of esters is 1. The second-order valence-electron chi connectivity index (χ2n) is 9.77. The number of methoxy groups -OCH3 is 1. The second kappa shape index (κ2) is 12.6. The van der Waals surface area contributed by atoms with Crippen LogP contribution in [0, 0.1) is 18.7 Å². The highest BCUT2D eigenvalue weighted by molar-refractivity contribution is 5.97. The number of hydrogen-bond donors (Lipinski definition) is 2. The number of pyridine rings is 1. The molecule has 2 heterocycles. The first-order valence-corrected chi connectivity index (χ1v) is 13.0. The first-order valence-electron chi connectivity index (χ1n) is 13.0. The van der Waals surface area contributed by atoms with Crippen molar-refractivity contribution < 1.29 is 33.3 Å². The van der Waals surface area contributed by atoms with Gasteiger partial charge >= 0.3 is 5.97 Å². The molecule has 1 aliphatic rings. The van der Waals surface area contributed by atoms with Gasteiger partial charge in [-0.25, -0.2) is 14.2 Å². The summed E-state index contributed by atoms with van der Waals surface area (Å²) in [5.41, 5.74) is 1.76. The van der Waals surface area contributed by atoms with E-state index < -0.39 is 29.8 Å². The third kappa shape index (κ3) is 7.04. The van der Waals surface area contributed by atoms with Crippen LogP contribution in [0.25, 0.3) is 0 Å². The van der Waals surface area contributed by atoms with Gasteiger partial charge in [0.05, 0.1) is 7.11 Å². The highest BCUT2D eigenvalue weighted by atomic mass is 19.1. The number of aromatic nitrogens is 1. The van der Waals surface area contributed by atoms with E-state index in [1.807, 2.05) is 31.2 Å². The number of cyclic esters (lactones) is 1. The van der Waals surface area contributed by atoms with Crippen LogP contribution < -0.4 is 14.8 Å². The molecule has 1 amide bonds. The van der Waals surface area contributed by atoms with Gasteiger partial charge in [0.2, 0.25) is 0 Å². The molecule has 4 rings (SSSR count). The van der Waals surface area contributed by atoms with Crippen LogP contribution in [-0.4, -0.2) is 47.3 Å². The Kier molecular flexibility index (Phi) is 9.01. The first-order chi connectivity index (χ1) is 18.7. The van der Waals surface area contributed by atoms with Crippen LogP contribution in [0.1, 0.15) is 47.8 Å². The first kappa shape index (κ1) is 27.9. The fourth-order valence-corrected chi connectivity index (χ4v) is 4.76. The zero-order valence-corrected chi connectivity index (χ0v) is 22.2. The summed E-state index contributed by atoms with van der Waals surface area (Å²) >= 11 is 0. The van der Waals surface area contributed by atoms with Crippen LogP contribution in [0.5, 0.6) is 17.2 Å². The minimum absolute atomic E-state index is 0.0977. The maximum absolute atomic E-state index is 13.5. The molecular formula is C30H33FN2O6. The quantitative estimate of drug-likeness (QED) is 0.419. The number of hydrogen-bond acceptors (Lipinski definition) is 7. The van der Waals surface area contributed by atoms with Crippen molar-refractivity contribution in [1.29, 1.82) is 0 Å². The lowest BCUT2D eigenvalue weighted by Gasteiger charge is -2.31. The Bertz CT molecular complexity index is 1280. The van der Waals surface area contributed by atoms with Crippen LogP contribution >= 0.6 is 0 Å². The number of rotatable bonds is 7. The van der Waals surface area contributed by atoms with E-state index in [1.54, 1.807) is 19.1 Å². The Hall–Kier alpha value is -4.14. The van der Waals surface area contributed by atoms with Crippen LogP contribution in [-0.2, 0) is 16.0 Å². The van der Waals surface area contributed by atoms with Crippen molar-refractivity contribution in [3.63, 3.8) is 0 Å². The zero-order chi connectivity index (χ0) is 27.9. The van der Waals surface area contributed by atoms with E-state index in [2.05, 4.69) is 10.3 Å². The lowest BCUT2D eigenvalue weighted by molar-refractivity contribution is -0.154. The van der Waals surface area contributed by atoms with Crippen LogP contribution in [0.3, 0.4) is 0 Å². The van der Waals surface area contributed by atoms with Gasteiger partial charge in [-0.2, -0.15) is 0 Å². The minimum Gasteiger partial charge on any atom is -0.503 e. The summed E-state index contributed by atoms with van der Waals surface area (Å²) in [4.78, 5) is 30.1. The molecular weight excluding hydrogens is 503 g/mol. The number of carbonyl (C=O) groups excluding carboxylic acids is 2. The maximum Gasteiger partial charge on any atom is 0.328 e. The Morgan fingerprint density at radius 2 is 1.85 bits per heavy atom. The largest absolute Gasteiger partial charge is 0.503 e. The average molecular weight is 537 g/mol. The monoisotopic (exact) mass is 536 g/mol. The van der Waals surface area contributed by atoms with E-state index in [-0.39, 0.29) is 29.3 Å². The van der Waals surface area contributed by atoms with Crippen molar-refractivity contribution in [3.8, 4) is 17.2 Å². The molecule has 0 saturated carbocycles. The van der Waals surface area contributed by atoms with Gasteiger partial charge < -0.3 is 24.6 Å². The molecule has 39 heavy (non-hydrogen) atoms. The number of aromatic hydroxyl groups is 1. The molecule has 0 aliphatic carbocycles. The smallest absolute Gasteiger partial charge is 0.328 e. The van der Waals surface area contributed by atoms with Crippen LogP contribution in [0.2, 0.25) is 0 Å². The van der Waals surface area contributed by atoms with E-state index >= 15 is 0 Å². The summed E-state index contributed by atoms with van der Waals surface area (Å²) in [6, 6.07) is 14.5. The van der Waals surface area contributed by atoms with Crippen molar-refractivity contribution in [3.05, 3.63) is 83.4 Å². The molecule has 3 aromatic rings. The number of benzene rings is 2. The Balaban J connectivity index is 1.56. The summed E-state index contributed by atoms with van der Waals surface area (Å²) in [6.45, 7) is 3.80. The molecule has 9 heteroatoms. The topological polar surface area (TPSA) is 107 Å². The molecule has 1 fully saturated rings. The lowest BCUT2D eigenvalue weighted by atomic mass is 9.87. The molecule has 206 valence electrons. The van der Waals surface area contributed by atoms with Crippen LogP contribution in [0.4, 0.5) is 4.39 Å². The van der Waals surface area contributed by atoms with E-state index in [0.29, 0.717) is 31.4 Å². The summed E-state index contributed by atoms with van der Waals surface area (Å²) in [7, 11) is 1.37. The normalized spacial score (nSPS) is 21.6. The molecule has 0 spiro atoms. The lowest BCUT2D eigenvalue weighted by Crippen LogP contribution is -2.44. The molecule has 8 nitrogen and oxygen atoms in total. The summed E-state index contributed by atoms with van der Waals surface area (Å²) in [5.74, 6) is -1.46. The highest BCUT2D eigenvalue weighted by Crippen LogP contribution is 2.30. The molecule has 1 aromatic heterocycles. The third-order valence-electron chi connectivity index (χ3n) is 6.97. The van der Waals surface area contributed by atoms with E-state index in [4.69, 9.17) is 14.2 Å². The molecule has 4 unspecified atom stereocenters. The number of nitrogens with one attached hydrogen (secondary N) is 1. The van der Waals surface area contributed by atoms with Gasteiger partial charge in [0.25, 0.3) is 5.91 Å². The predicted molar refractivity (Wildman–Crippen MR) is 142 cm³/mol. The molecule has 4 atom stereocenters.